The van der Waals surface area contributed by atoms with E-state index in [0.717, 1.165) is 19.3 Å². The zero-order valence-electron chi connectivity index (χ0n) is 8.64. The van der Waals surface area contributed by atoms with Gasteiger partial charge in [-0.15, -0.1) is 0 Å². The Morgan fingerprint density at radius 3 is 2.62 bits per heavy atom. The van der Waals surface area contributed by atoms with E-state index in [0.29, 0.717) is 5.41 Å². The molecule has 0 amide bonds. The molecule has 1 heterocycles. The minimum atomic E-state index is 0.684. The fourth-order valence-corrected chi connectivity index (χ4v) is 2.69. The summed E-state index contributed by atoms with van der Waals surface area (Å²) in [6.07, 6.45) is 6.66. The van der Waals surface area contributed by atoms with Gasteiger partial charge in [-0.1, -0.05) is 6.92 Å². The van der Waals surface area contributed by atoms with Gasteiger partial charge in [0, 0.05) is 19.3 Å². The van der Waals surface area contributed by atoms with E-state index in [1.54, 1.807) is 0 Å². The quantitative estimate of drug-likeness (QED) is 0.722. The van der Waals surface area contributed by atoms with Crippen LogP contribution in [0.5, 0.6) is 0 Å². The van der Waals surface area contributed by atoms with Crippen LogP contribution in [-0.4, -0.2) is 25.8 Å². The summed E-state index contributed by atoms with van der Waals surface area (Å²) in [5.74, 6) is 0. The second kappa shape index (κ2) is 3.97. The number of nitrogens with one attached hydrogen (secondary N) is 1. The second-order valence-electron chi connectivity index (χ2n) is 4.67. The minimum Gasteiger partial charge on any atom is -0.381 e. The lowest BCUT2D eigenvalue weighted by Gasteiger charge is -2.50. The summed E-state index contributed by atoms with van der Waals surface area (Å²) in [7, 11) is 0. The minimum absolute atomic E-state index is 0.684. The molecule has 2 rings (SSSR count). The smallest absolute Gasteiger partial charge is 0.0471 e. The first-order chi connectivity index (χ1) is 6.35. The monoisotopic (exact) mass is 183 g/mol. The Labute approximate surface area is 81.0 Å². The molecule has 0 aromatic rings. The molecule has 0 aromatic heterocycles. The Morgan fingerprint density at radius 2 is 2.00 bits per heavy atom. The van der Waals surface area contributed by atoms with E-state index in [2.05, 4.69) is 12.2 Å². The van der Waals surface area contributed by atoms with Crippen LogP contribution in [0, 0.1) is 5.41 Å². The standard InChI is InChI=1S/C11H21NO/c1-2-5-12-10-8-11(9-10)3-6-13-7-4-11/h10,12H,2-9H2,1H3. The zero-order valence-corrected chi connectivity index (χ0v) is 8.64. The molecular formula is C11H21NO. The van der Waals surface area contributed by atoms with Gasteiger partial charge < -0.3 is 10.1 Å². The Bertz CT molecular complexity index is 155. The van der Waals surface area contributed by atoms with Crippen LogP contribution < -0.4 is 5.32 Å². The number of rotatable bonds is 3. The topological polar surface area (TPSA) is 21.3 Å². The molecule has 1 spiro atoms. The molecule has 2 aliphatic rings. The summed E-state index contributed by atoms with van der Waals surface area (Å²) in [4.78, 5) is 0. The molecule has 13 heavy (non-hydrogen) atoms. The molecule has 76 valence electrons. The van der Waals surface area contributed by atoms with Gasteiger partial charge in [0.05, 0.1) is 0 Å². The fourth-order valence-electron chi connectivity index (χ4n) is 2.69. The molecule has 0 aromatic carbocycles. The van der Waals surface area contributed by atoms with Crippen LogP contribution in [0.4, 0.5) is 0 Å². The van der Waals surface area contributed by atoms with Crippen molar-refractivity contribution in [1.82, 2.24) is 5.32 Å². The Kier molecular flexibility index (Phi) is 2.89. The van der Waals surface area contributed by atoms with Gasteiger partial charge in [-0.05, 0) is 44.1 Å². The maximum Gasteiger partial charge on any atom is 0.0471 e. The lowest BCUT2D eigenvalue weighted by atomic mass is 9.61. The molecule has 0 bridgehead atoms. The highest BCUT2D eigenvalue weighted by atomic mass is 16.5. The molecule has 1 aliphatic carbocycles. The van der Waals surface area contributed by atoms with Crippen LogP contribution in [-0.2, 0) is 4.74 Å². The van der Waals surface area contributed by atoms with Crippen molar-refractivity contribution in [2.24, 2.45) is 5.41 Å². The van der Waals surface area contributed by atoms with E-state index in [4.69, 9.17) is 4.74 Å². The van der Waals surface area contributed by atoms with E-state index in [1.807, 2.05) is 0 Å². The van der Waals surface area contributed by atoms with Gasteiger partial charge >= 0.3 is 0 Å². The maximum absolute atomic E-state index is 5.40. The van der Waals surface area contributed by atoms with Crippen molar-refractivity contribution < 1.29 is 4.74 Å². The summed E-state index contributed by atoms with van der Waals surface area (Å²) in [5.41, 5.74) is 0.684. The number of ether oxygens (including phenoxy) is 1. The maximum atomic E-state index is 5.40. The van der Waals surface area contributed by atoms with E-state index < -0.39 is 0 Å². The first kappa shape index (κ1) is 9.47. The summed E-state index contributed by atoms with van der Waals surface area (Å²) < 4.78 is 5.40. The highest BCUT2D eigenvalue weighted by Crippen LogP contribution is 2.48. The molecule has 0 radical (unpaired) electrons. The van der Waals surface area contributed by atoms with Gasteiger partial charge in [0.25, 0.3) is 0 Å². The van der Waals surface area contributed by atoms with Crippen LogP contribution in [0.1, 0.15) is 39.0 Å². The fraction of sp³-hybridized carbons (Fsp3) is 1.00. The predicted molar refractivity (Wildman–Crippen MR) is 53.8 cm³/mol. The van der Waals surface area contributed by atoms with Crippen molar-refractivity contribution in [3.63, 3.8) is 0 Å². The molecule has 2 fully saturated rings. The van der Waals surface area contributed by atoms with Crippen molar-refractivity contribution in [3.05, 3.63) is 0 Å². The molecule has 1 N–H and O–H groups in total. The normalized spacial score (nSPS) is 27.5. The lowest BCUT2D eigenvalue weighted by molar-refractivity contribution is -0.0449. The van der Waals surface area contributed by atoms with Crippen LogP contribution in [0.3, 0.4) is 0 Å². The molecule has 1 aliphatic heterocycles. The molecular weight excluding hydrogens is 162 g/mol. The Balaban J connectivity index is 1.69. The third-order valence-corrected chi connectivity index (χ3v) is 3.60. The third-order valence-electron chi connectivity index (χ3n) is 3.60. The van der Waals surface area contributed by atoms with E-state index >= 15 is 0 Å². The van der Waals surface area contributed by atoms with Crippen molar-refractivity contribution in [1.29, 1.82) is 0 Å². The second-order valence-corrected chi connectivity index (χ2v) is 4.67. The zero-order chi connectivity index (χ0) is 9.15. The summed E-state index contributed by atoms with van der Waals surface area (Å²) in [6, 6.07) is 0.818. The highest BCUT2D eigenvalue weighted by Gasteiger charge is 2.44. The average Bonchev–Trinajstić information content (AvgIpc) is 2.13. The average molecular weight is 183 g/mol. The summed E-state index contributed by atoms with van der Waals surface area (Å²) in [6.45, 7) is 5.42. The van der Waals surface area contributed by atoms with Gasteiger partial charge in [0.1, 0.15) is 0 Å². The first-order valence-electron chi connectivity index (χ1n) is 5.66. The van der Waals surface area contributed by atoms with Gasteiger partial charge in [-0.3, -0.25) is 0 Å². The van der Waals surface area contributed by atoms with Crippen molar-refractivity contribution in [2.75, 3.05) is 19.8 Å². The van der Waals surface area contributed by atoms with Crippen molar-refractivity contribution >= 4 is 0 Å². The van der Waals surface area contributed by atoms with Crippen molar-refractivity contribution in [2.45, 2.75) is 45.1 Å². The van der Waals surface area contributed by atoms with Gasteiger partial charge in [-0.2, -0.15) is 0 Å². The third kappa shape index (κ3) is 2.05. The summed E-state index contributed by atoms with van der Waals surface area (Å²) >= 11 is 0. The Hall–Kier alpha value is -0.0800. The molecule has 1 saturated carbocycles. The summed E-state index contributed by atoms with van der Waals surface area (Å²) in [5, 5.41) is 3.60. The van der Waals surface area contributed by atoms with Crippen molar-refractivity contribution in [3.8, 4) is 0 Å². The van der Waals surface area contributed by atoms with Crippen LogP contribution in [0.2, 0.25) is 0 Å². The van der Waals surface area contributed by atoms with Crippen LogP contribution >= 0.6 is 0 Å². The van der Waals surface area contributed by atoms with Crippen LogP contribution in [0.15, 0.2) is 0 Å². The largest absolute Gasteiger partial charge is 0.381 e. The van der Waals surface area contributed by atoms with E-state index in [-0.39, 0.29) is 0 Å². The molecule has 1 saturated heterocycles. The van der Waals surface area contributed by atoms with E-state index in [1.165, 1.54) is 38.6 Å². The Morgan fingerprint density at radius 1 is 1.31 bits per heavy atom. The molecule has 0 atom stereocenters. The first-order valence-corrected chi connectivity index (χ1v) is 5.66. The number of hydrogen-bond donors (Lipinski definition) is 1. The lowest BCUT2D eigenvalue weighted by Crippen LogP contribution is -2.51. The highest BCUT2D eigenvalue weighted by molar-refractivity contribution is 4.98. The van der Waals surface area contributed by atoms with Gasteiger partial charge in [0.2, 0.25) is 0 Å². The van der Waals surface area contributed by atoms with Gasteiger partial charge in [-0.25, -0.2) is 0 Å². The van der Waals surface area contributed by atoms with Gasteiger partial charge in [0.15, 0.2) is 0 Å². The number of hydrogen-bond acceptors (Lipinski definition) is 2. The molecule has 2 nitrogen and oxygen atoms in total. The van der Waals surface area contributed by atoms with E-state index in [9.17, 15) is 0 Å². The SMILES string of the molecule is CCCNC1CC2(CCOCC2)C1. The molecule has 2 heteroatoms. The molecule has 0 unspecified atom stereocenters. The van der Waals surface area contributed by atoms with Crippen LogP contribution in [0.25, 0.3) is 0 Å². The predicted octanol–water partition coefficient (Wildman–Crippen LogP) is 1.95.